The first kappa shape index (κ1) is 12.4. The number of rotatable bonds is 4. The van der Waals surface area contributed by atoms with Gasteiger partial charge in [-0.05, 0) is 13.3 Å². The summed E-state index contributed by atoms with van der Waals surface area (Å²) < 4.78 is 7.59. The fourth-order valence-electron chi connectivity index (χ4n) is 2.30. The molecule has 0 radical (unpaired) electrons. The zero-order valence-electron chi connectivity index (χ0n) is 10.7. The van der Waals surface area contributed by atoms with Crippen molar-refractivity contribution in [1.29, 1.82) is 0 Å². The third kappa shape index (κ3) is 3.20. The first-order chi connectivity index (χ1) is 8.19. The Bertz CT molecular complexity index is 352. The van der Waals surface area contributed by atoms with Crippen LogP contribution in [0.3, 0.4) is 0 Å². The molecule has 0 aromatic carbocycles. The van der Waals surface area contributed by atoms with Crippen LogP contribution in [0.4, 0.5) is 5.69 Å². The Labute approximate surface area is 103 Å². The number of hydrogen-bond donors (Lipinski definition) is 1. The Morgan fingerprint density at radius 3 is 3.00 bits per heavy atom. The summed E-state index contributed by atoms with van der Waals surface area (Å²) in [5.41, 5.74) is 6.37. The fraction of sp³-hybridized carbons (Fsp3) is 0.750. The first-order valence-corrected chi connectivity index (χ1v) is 6.32. The number of hydrogen-bond acceptors (Lipinski definition) is 4. The molecule has 1 fully saturated rings. The SMILES string of the molecule is CCC1COC(C)CN1CCn1cc(N)cn1. The second kappa shape index (κ2) is 5.51. The van der Waals surface area contributed by atoms with Gasteiger partial charge >= 0.3 is 0 Å². The number of nitrogens with zero attached hydrogens (tertiary/aromatic N) is 3. The lowest BCUT2D eigenvalue weighted by molar-refractivity contribution is -0.0569. The third-order valence-electron chi connectivity index (χ3n) is 3.32. The van der Waals surface area contributed by atoms with E-state index in [9.17, 15) is 0 Å². The molecule has 5 heteroatoms. The van der Waals surface area contributed by atoms with Crippen LogP contribution in [0.2, 0.25) is 0 Å². The Balaban J connectivity index is 1.87. The van der Waals surface area contributed by atoms with Gasteiger partial charge in [0.2, 0.25) is 0 Å². The minimum atomic E-state index is 0.334. The number of ether oxygens (including phenoxy) is 1. The van der Waals surface area contributed by atoms with Gasteiger partial charge in [-0.2, -0.15) is 5.10 Å². The summed E-state index contributed by atoms with van der Waals surface area (Å²) in [6, 6.07) is 0.541. The second-order valence-corrected chi connectivity index (χ2v) is 4.74. The normalized spacial score (nSPS) is 26.2. The maximum Gasteiger partial charge on any atom is 0.0719 e. The highest BCUT2D eigenvalue weighted by atomic mass is 16.5. The van der Waals surface area contributed by atoms with Crippen LogP contribution in [0, 0.1) is 0 Å². The number of nitrogens with two attached hydrogens (primary N) is 1. The first-order valence-electron chi connectivity index (χ1n) is 6.32. The van der Waals surface area contributed by atoms with E-state index in [0.717, 1.165) is 38.3 Å². The lowest BCUT2D eigenvalue weighted by Gasteiger charge is -2.38. The summed E-state index contributed by atoms with van der Waals surface area (Å²) in [6.45, 7) is 8.09. The van der Waals surface area contributed by atoms with E-state index in [2.05, 4.69) is 23.8 Å². The smallest absolute Gasteiger partial charge is 0.0719 e. The van der Waals surface area contributed by atoms with Gasteiger partial charge in [-0.3, -0.25) is 9.58 Å². The van der Waals surface area contributed by atoms with Gasteiger partial charge in [0.25, 0.3) is 0 Å². The number of anilines is 1. The van der Waals surface area contributed by atoms with Crippen molar-refractivity contribution in [2.24, 2.45) is 0 Å². The highest BCUT2D eigenvalue weighted by Gasteiger charge is 2.24. The number of aromatic nitrogens is 2. The molecule has 17 heavy (non-hydrogen) atoms. The molecule has 2 atom stereocenters. The van der Waals surface area contributed by atoms with Gasteiger partial charge in [0.05, 0.1) is 31.1 Å². The lowest BCUT2D eigenvalue weighted by atomic mass is 10.1. The van der Waals surface area contributed by atoms with Crippen LogP contribution in [0.1, 0.15) is 20.3 Å². The Morgan fingerprint density at radius 1 is 1.53 bits per heavy atom. The molecule has 2 rings (SSSR count). The van der Waals surface area contributed by atoms with Crippen LogP contribution in [-0.4, -0.2) is 46.5 Å². The van der Waals surface area contributed by atoms with Gasteiger partial charge in [-0.25, -0.2) is 0 Å². The van der Waals surface area contributed by atoms with Gasteiger partial charge in [0, 0.05) is 25.3 Å². The summed E-state index contributed by atoms with van der Waals surface area (Å²) in [4.78, 5) is 2.49. The molecule has 0 saturated carbocycles. The average molecular weight is 238 g/mol. The zero-order valence-corrected chi connectivity index (χ0v) is 10.7. The lowest BCUT2D eigenvalue weighted by Crippen LogP contribution is -2.49. The maximum atomic E-state index is 5.68. The van der Waals surface area contributed by atoms with Crippen molar-refractivity contribution < 1.29 is 4.74 Å². The van der Waals surface area contributed by atoms with Gasteiger partial charge in [-0.1, -0.05) is 6.92 Å². The van der Waals surface area contributed by atoms with Crippen molar-refractivity contribution in [3.05, 3.63) is 12.4 Å². The molecule has 2 heterocycles. The zero-order chi connectivity index (χ0) is 12.3. The van der Waals surface area contributed by atoms with Crippen molar-refractivity contribution in [2.45, 2.75) is 39.0 Å². The minimum Gasteiger partial charge on any atom is -0.396 e. The number of morpholine rings is 1. The molecule has 0 amide bonds. The quantitative estimate of drug-likeness (QED) is 0.849. The Hall–Kier alpha value is -1.07. The minimum absolute atomic E-state index is 0.334. The molecule has 1 aromatic rings. The van der Waals surface area contributed by atoms with Crippen LogP contribution >= 0.6 is 0 Å². The molecule has 0 aliphatic carbocycles. The van der Waals surface area contributed by atoms with Gasteiger partial charge in [0.15, 0.2) is 0 Å². The molecule has 1 saturated heterocycles. The van der Waals surface area contributed by atoms with E-state index in [1.165, 1.54) is 0 Å². The molecule has 2 N–H and O–H groups in total. The van der Waals surface area contributed by atoms with Crippen molar-refractivity contribution in [1.82, 2.24) is 14.7 Å². The molecule has 2 unspecified atom stereocenters. The van der Waals surface area contributed by atoms with E-state index < -0.39 is 0 Å². The van der Waals surface area contributed by atoms with E-state index in [1.807, 2.05) is 10.9 Å². The fourth-order valence-corrected chi connectivity index (χ4v) is 2.30. The molecule has 1 aliphatic heterocycles. The Morgan fingerprint density at radius 2 is 2.35 bits per heavy atom. The van der Waals surface area contributed by atoms with Crippen molar-refractivity contribution in [3.63, 3.8) is 0 Å². The average Bonchev–Trinajstić information content (AvgIpc) is 2.73. The van der Waals surface area contributed by atoms with Crippen molar-refractivity contribution in [3.8, 4) is 0 Å². The van der Waals surface area contributed by atoms with Crippen LogP contribution < -0.4 is 5.73 Å². The standard InChI is InChI=1S/C12H22N4O/c1-3-12-9-17-10(2)7-15(12)4-5-16-8-11(13)6-14-16/h6,8,10,12H,3-5,7,9,13H2,1-2H3. The molecular weight excluding hydrogens is 216 g/mol. The maximum absolute atomic E-state index is 5.68. The van der Waals surface area contributed by atoms with E-state index in [0.29, 0.717) is 12.1 Å². The third-order valence-corrected chi connectivity index (χ3v) is 3.32. The van der Waals surface area contributed by atoms with Gasteiger partial charge in [-0.15, -0.1) is 0 Å². The van der Waals surface area contributed by atoms with Crippen molar-refractivity contribution in [2.75, 3.05) is 25.4 Å². The van der Waals surface area contributed by atoms with Crippen LogP contribution in [0.5, 0.6) is 0 Å². The van der Waals surface area contributed by atoms with Crippen LogP contribution in [-0.2, 0) is 11.3 Å². The van der Waals surface area contributed by atoms with Gasteiger partial charge in [0.1, 0.15) is 0 Å². The van der Waals surface area contributed by atoms with Crippen LogP contribution in [0.25, 0.3) is 0 Å². The molecule has 0 bridgehead atoms. The molecular formula is C12H22N4O. The molecule has 0 spiro atoms. The summed E-state index contributed by atoms with van der Waals surface area (Å²) >= 11 is 0. The Kier molecular flexibility index (Phi) is 4.02. The van der Waals surface area contributed by atoms with Gasteiger partial charge < -0.3 is 10.5 Å². The van der Waals surface area contributed by atoms with E-state index in [4.69, 9.17) is 10.5 Å². The summed E-state index contributed by atoms with van der Waals surface area (Å²) in [7, 11) is 0. The van der Waals surface area contributed by atoms with E-state index >= 15 is 0 Å². The second-order valence-electron chi connectivity index (χ2n) is 4.74. The molecule has 96 valence electrons. The van der Waals surface area contributed by atoms with Crippen molar-refractivity contribution >= 4 is 5.69 Å². The summed E-state index contributed by atoms with van der Waals surface area (Å²) in [6.07, 6.45) is 5.04. The largest absolute Gasteiger partial charge is 0.396 e. The highest BCUT2D eigenvalue weighted by Crippen LogP contribution is 2.14. The predicted molar refractivity (Wildman–Crippen MR) is 67.7 cm³/mol. The summed E-state index contributed by atoms with van der Waals surface area (Å²) in [5.74, 6) is 0. The summed E-state index contributed by atoms with van der Waals surface area (Å²) in [5, 5.41) is 4.20. The predicted octanol–water partition coefficient (Wildman–Crippen LogP) is 0.965. The topological polar surface area (TPSA) is 56.3 Å². The number of nitrogen functional groups attached to an aromatic ring is 1. The molecule has 1 aliphatic rings. The highest BCUT2D eigenvalue weighted by molar-refractivity contribution is 5.30. The molecule has 1 aromatic heterocycles. The van der Waals surface area contributed by atoms with Crippen LogP contribution in [0.15, 0.2) is 12.4 Å². The monoisotopic (exact) mass is 238 g/mol. The van der Waals surface area contributed by atoms with E-state index in [-0.39, 0.29) is 0 Å². The molecule has 5 nitrogen and oxygen atoms in total. The van der Waals surface area contributed by atoms with E-state index in [1.54, 1.807) is 6.20 Å².